The molecule has 0 aliphatic heterocycles. The molecule has 1 aliphatic rings. The summed E-state index contributed by atoms with van der Waals surface area (Å²) < 4.78 is 5.20. The van der Waals surface area contributed by atoms with Crippen LogP contribution in [0.15, 0.2) is 24.3 Å². The van der Waals surface area contributed by atoms with Crippen molar-refractivity contribution in [1.82, 2.24) is 5.01 Å². The van der Waals surface area contributed by atoms with E-state index in [1.54, 1.807) is 12.1 Å². The van der Waals surface area contributed by atoms with Crippen LogP contribution in [0.5, 0.6) is 5.75 Å². The lowest BCUT2D eigenvalue weighted by molar-refractivity contribution is -0.0293. The summed E-state index contributed by atoms with van der Waals surface area (Å²) >= 11 is 0. The maximum absolute atomic E-state index is 11.0. The predicted octanol–water partition coefficient (Wildman–Crippen LogP) is 2.28. The third kappa shape index (κ3) is 3.51. The Hall–Kier alpha value is -1.10. The molecule has 0 amide bonds. The van der Waals surface area contributed by atoms with Crippen molar-refractivity contribution in [3.8, 4) is 5.75 Å². The van der Waals surface area contributed by atoms with Crippen molar-refractivity contribution < 1.29 is 9.84 Å². The second-order valence-electron chi connectivity index (χ2n) is 5.93. The first-order valence-electron chi connectivity index (χ1n) is 7.37. The van der Waals surface area contributed by atoms with Crippen LogP contribution >= 0.6 is 0 Å². The summed E-state index contributed by atoms with van der Waals surface area (Å²) in [6.45, 7) is 0.656. The molecule has 1 atom stereocenters. The molecule has 112 valence electrons. The third-order valence-electron chi connectivity index (χ3n) is 4.36. The zero-order chi connectivity index (χ0) is 14.6. The van der Waals surface area contributed by atoms with Crippen molar-refractivity contribution >= 4 is 0 Å². The Morgan fingerprint density at radius 1 is 1.25 bits per heavy atom. The number of aliphatic hydroxyl groups is 1. The molecule has 4 nitrogen and oxygen atoms in total. The van der Waals surface area contributed by atoms with E-state index in [-0.39, 0.29) is 5.92 Å². The standard InChI is InChI=1S/C16H26N2O2/c1-18(17)12-15(16(19)10-4-3-5-11-16)13-6-8-14(20-2)9-7-13/h6-9,15,19H,3-5,10-12,17H2,1-2H3. The van der Waals surface area contributed by atoms with E-state index < -0.39 is 5.60 Å². The van der Waals surface area contributed by atoms with Gasteiger partial charge in [-0.2, -0.15) is 0 Å². The number of likely N-dealkylation sites (N-methyl/N-ethyl adjacent to an activating group) is 1. The molecule has 1 unspecified atom stereocenters. The highest BCUT2D eigenvalue weighted by Gasteiger charge is 2.38. The zero-order valence-electron chi connectivity index (χ0n) is 12.5. The zero-order valence-corrected chi connectivity index (χ0v) is 12.5. The van der Waals surface area contributed by atoms with Crippen molar-refractivity contribution in [3.05, 3.63) is 29.8 Å². The molecule has 0 aromatic heterocycles. The topological polar surface area (TPSA) is 58.7 Å². The maximum atomic E-state index is 11.0. The Bertz CT molecular complexity index is 411. The highest BCUT2D eigenvalue weighted by atomic mass is 16.5. The predicted molar refractivity (Wildman–Crippen MR) is 80.6 cm³/mol. The van der Waals surface area contributed by atoms with Crippen molar-refractivity contribution in [3.63, 3.8) is 0 Å². The van der Waals surface area contributed by atoms with Crippen LogP contribution in [0.1, 0.15) is 43.6 Å². The van der Waals surface area contributed by atoms with Crippen LogP contribution in [0.4, 0.5) is 0 Å². The van der Waals surface area contributed by atoms with Crippen LogP contribution in [0.3, 0.4) is 0 Å². The third-order valence-corrected chi connectivity index (χ3v) is 4.36. The Labute approximate surface area is 121 Å². The fourth-order valence-corrected chi connectivity index (χ4v) is 3.22. The number of nitrogens with two attached hydrogens (primary N) is 1. The van der Waals surface area contributed by atoms with Crippen LogP contribution in [-0.4, -0.2) is 36.4 Å². The van der Waals surface area contributed by atoms with Crippen molar-refractivity contribution in [2.24, 2.45) is 5.84 Å². The molecule has 0 heterocycles. The maximum Gasteiger partial charge on any atom is 0.118 e. The van der Waals surface area contributed by atoms with Crippen LogP contribution < -0.4 is 10.6 Å². The van der Waals surface area contributed by atoms with Crippen molar-refractivity contribution in [2.45, 2.75) is 43.6 Å². The van der Waals surface area contributed by atoms with Gasteiger partial charge in [0.1, 0.15) is 5.75 Å². The number of rotatable bonds is 5. The summed E-state index contributed by atoms with van der Waals surface area (Å²) in [4.78, 5) is 0. The summed E-state index contributed by atoms with van der Waals surface area (Å²) in [6, 6.07) is 7.98. The van der Waals surface area contributed by atoms with Gasteiger partial charge in [0, 0.05) is 19.5 Å². The van der Waals surface area contributed by atoms with Gasteiger partial charge >= 0.3 is 0 Å². The fraction of sp³-hybridized carbons (Fsp3) is 0.625. The van der Waals surface area contributed by atoms with Gasteiger partial charge in [-0.15, -0.1) is 0 Å². The molecule has 20 heavy (non-hydrogen) atoms. The van der Waals surface area contributed by atoms with E-state index in [0.717, 1.165) is 37.0 Å². The molecule has 1 saturated carbocycles. The minimum Gasteiger partial charge on any atom is -0.497 e. The van der Waals surface area contributed by atoms with E-state index in [1.807, 2.05) is 31.3 Å². The molecular formula is C16H26N2O2. The number of hydrazine groups is 1. The molecule has 1 fully saturated rings. The van der Waals surface area contributed by atoms with Gasteiger partial charge < -0.3 is 9.84 Å². The summed E-state index contributed by atoms with van der Waals surface area (Å²) in [6.07, 6.45) is 5.13. The quantitative estimate of drug-likeness (QED) is 0.641. The van der Waals surface area contributed by atoms with Gasteiger partial charge in [0.05, 0.1) is 12.7 Å². The van der Waals surface area contributed by atoms with Gasteiger partial charge in [-0.05, 0) is 30.5 Å². The van der Waals surface area contributed by atoms with Gasteiger partial charge in [-0.25, -0.2) is 5.01 Å². The second-order valence-corrected chi connectivity index (χ2v) is 5.93. The smallest absolute Gasteiger partial charge is 0.118 e. The normalized spacial score (nSPS) is 19.9. The molecule has 0 saturated heterocycles. The van der Waals surface area contributed by atoms with E-state index in [2.05, 4.69) is 0 Å². The molecule has 0 radical (unpaired) electrons. The number of methoxy groups -OCH3 is 1. The van der Waals surface area contributed by atoms with E-state index >= 15 is 0 Å². The minimum absolute atomic E-state index is 0.0451. The minimum atomic E-state index is -0.638. The Morgan fingerprint density at radius 3 is 2.35 bits per heavy atom. The Morgan fingerprint density at radius 2 is 1.85 bits per heavy atom. The Kier molecular flexibility index (Phi) is 5.02. The summed E-state index contributed by atoms with van der Waals surface area (Å²) in [7, 11) is 3.51. The van der Waals surface area contributed by atoms with Crippen molar-refractivity contribution in [2.75, 3.05) is 20.7 Å². The van der Waals surface area contributed by atoms with Gasteiger partial charge in [-0.1, -0.05) is 31.4 Å². The van der Waals surface area contributed by atoms with Gasteiger partial charge in [0.25, 0.3) is 0 Å². The average molecular weight is 278 g/mol. The summed E-state index contributed by atoms with van der Waals surface area (Å²) in [5, 5.41) is 12.7. The lowest BCUT2D eigenvalue weighted by Crippen LogP contribution is -2.45. The monoisotopic (exact) mass is 278 g/mol. The number of nitrogens with zero attached hydrogens (tertiary/aromatic N) is 1. The molecule has 1 aromatic carbocycles. The first kappa shape index (κ1) is 15.3. The molecule has 1 aliphatic carbocycles. The van der Waals surface area contributed by atoms with Gasteiger partial charge in [0.15, 0.2) is 0 Å². The molecule has 3 N–H and O–H groups in total. The molecule has 2 rings (SSSR count). The SMILES string of the molecule is COc1ccc(C(CN(C)N)C2(O)CCCCC2)cc1. The number of hydrogen-bond acceptors (Lipinski definition) is 4. The van der Waals surface area contributed by atoms with E-state index in [1.165, 1.54) is 6.42 Å². The van der Waals surface area contributed by atoms with E-state index in [9.17, 15) is 5.11 Å². The highest BCUT2D eigenvalue weighted by Crippen LogP contribution is 2.40. The first-order chi connectivity index (χ1) is 9.55. The average Bonchev–Trinajstić information content (AvgIpc) is 2.45. The van der Waals surface area contributed by atoms with Crippen LogP contribution in [0.2, 0.25) is 0 Å². The Balaban J connectivity index is 2.25. The largest absolute Gasteiger partial charge is 0.497 e. The summed E-state index contributed by atoms with van der Waals surface area (Å²) in [5.41, 5.74) is 0.494. The van der Waals surface area contributed by atoms with Crippen molar-refractivity contribution in [1.29, 1.82) is 0 Å². The van der Waals surface area contributed by atoms with Crippen LogP contribution in [0.25, 0.3) is 0 Å². The second kappa shape index (κ2) is 6.57. The molecule has 1 aromatic rings. The fourth-order valence-electron chi connectivity index (χ4n) is 3.22. The van der Waals surface area contributed by atoms with Crippen LogP contribution in [0, 0.1) is 0 Å². The summed E-state index contributed by atoms with van der Waals surface area (Å²) in [5.74, 6) is 6.73. The highest BCUT2D eigenvalue weighted by molar-refractivity contribution is 5.31. The number of hydrogen-bond donors (Lipinski definition) is 2. The molecule has 0 bridgehead atoms. The number of ether oxygens (including phenoxy) is 1. The van der Waals surface area contributed by atoms with Gasteiger partial charge in [0.2, 0.25) is 0 Å². The molecular weight excluding hydrogens is 252 g/mol. The lowest BCUT2D eigenvalue weighted by atomic mass is 9.72. The molecule has 0 spiro atoms. The van der Waals surface area contributed by atoms with E-state index in [4.69, 9.17) is 10.6 Å². The lowest BCUT2D eigenvalue weighted by Gasteiger charge is -2.40. The van der Waals surface area contributed by atoms with E-state index in [0.29, 0.717) is 6.54 Å². The van der Waals surface area contributed by atoms with Gasteiger partial charge in [-0.3, -0.25) is 5.84 Å². The van der Waals surface area contributed by atoms with Crippen LogP contribution in [-0.2, 0) is 0 Å². The molecule has 4 heteroatoms. The first-order valence-corrected chi connectivity index (χ1v) is 7.37. The number of benzene rings is 1.